The highest BCUT2D eigenvalue weighted by Gasteiger charge is 2.16. The molecule has 1 aromatic carbocycles. The molecule has 1 aromatic rings. The lowest BCUT2D eigenvalue weighted by Gasteiger charge is -2.12. The minimum atomic E-state index is -2.77. The van der Waals surface area contributed by atoms with Gasteiger partial charge in [0.25, 0.3) is 6.43 Å². The second-order valence-corrected chi connectivity index (χ2v) is 4.68. The van der Waals surface area contributed by atoms with E-state index in [9.17, 15) is 13.6 Å². The summed E-state index contributed by atoms with van der Waals surface area (Å²) in [5.74, 6) is -0.451. The number of esters is 1. The van der Waals surface area contributed by atoms with Crippen LogP contribution in [0.4, 0.5) is 8.78 Å². The summed E-state index contributed by atoms with van der Waals surface area (Å²) in [5.41, 5.74) is 1.18. The summed E-state index contributed by atoms with van der Waals surface area (Å²) in [4.78, 5) is 11.3. The van der Waals surface area contributed by atoms with Crippen LogP contribution in [-0.2, 0) is 11.3 Å². The van der Waals surface area contributed by atoms with Gasteiger partial charge in [-0.05, 0) is 17.7 Å². The van der Waals surface area contributed by atoms with Gasteiger partial charge in [0.2, 0.25) is 0 Å². The Labute approximate surface area is 117 Å². The van der Waals surface area contributed by atoms with Gasteiger partial charge < -0.3 is 15.2 Å². The summed E-state index contributed by atoms with van der Waals surface area (Å²) in [6, 6.07) is 4.85. The average molecular weight is 338 g/mol. The first-order chi connectivity index (χ1) is 8.95. The van der Waals surface area contributed by atoms with Crippen molar-refractivity contribution >= 4 is 21.9 Å². The third-order valence-corrected chi connectivity index (χ3v) is 3.17. The zero-order chi connectivity index (χ0) is 14.4. The Hall–Kier alpha value is -1.05. The number of aliphatic hydroxyl groups excluding tert-OH is 1. The predicted octanol–water partition coefficient (Wildman–Crippen LogP) is 1.95. The zero-order valence-corrected chi connectivity index (χ0v) is 11.8. The van der Waals surface area contributed by atoms with E-state index in [-0.39, 0.29) is 6.54 Å². The Morgan fingerprint density at radius 1 is 1.53 bits per heavy atom. The van der Waals surface area contributed by atoms with E-state index in [0.717, 1.165) is 5.56 Å². The molecule has 0 fully saturated rings. The Balaban J connectivity index is 2.58. The van der Waals surface area contributed by atoms with Crippen LogP contribution in [0.1, 0.15) is 15.9 Å². The molecule has 0 spiro atoms. The maximum atomic E-state index is 12.1. The molecule has 0 saturated carbocycles. The first-order valence-corrected chi connectivity index (χ1v) is 6.28. The van der Waals surface area contributed by atoms with Gasteiger partial charge in [0.05, 0.1) is 12.7 Å². The highest BCUT2D eigenvalue weighted by molar-refractivity contribution is 9.10. The lowest BCUT2D eigenvalue weighted by Crippen LogP contribution is -2.31. The molecule has 7 heteroatoms. The van der Waals surface area contributed by atoms with Crippen molar-refractivity contribution in [1.82, 2.24) is 5.32 Å². The third kappa shape index (κ3) is 4.85. The summed E-state index contributed by atoms with van der Waals surface area (Å²) in [6.45, 7) is 0.0919. The van der Waals surface area contributed by atoms with Crippen LogP contribution in [-0.4, -0.2) is 37.3 Å². The minimum Gasteiger partial charge on any atom is -0.465 e. The van der Waals surface area contributed by atoms with Gasteiger partial charge in [-0.1, -0.05) is 22.0 Å². The maximum Gasteiger partial charge on any atom is 0.337 e. The first kappa shape index (κ1) is 16.0. The van der Waals surface area contributed by atoms with Crippen LogP contribution in [0.2, 0.25) is 0 Å². The molecular weight excluding hydrogens is 324 g/mol. The quantitative estimate of drug-likeness (QED) is 0.779. The largest absolute Gasteiger partial charge is 0.465 e. The van der Waals surface area contributed by atoms with E-state index in [2.05, 4.69) is 26.0 Å². The molecule has 0 heterocycles. The number of hydrogen-bond donors (Lipinski definition) is 2. The van der Waals surface area contributed by atoms with Gasteiger partial charge in [0.15, 0.2) is 0 Å². The summed E-state index contributed by atoms with van der Waals surface area (Å²) < 4.78 is 29.4. The molecule has 0 aliphatic rings. The van der Waals surface area contributed by atoms with Crippen molar-refractivity contribution in [2.24, 2.45) is 0 Å². The molecule has 0 radical (unpaired) electrons. The monoisotopic (exact) mass is 337 g/mol. The normalized spacial score (nSPS) is 12.5. The van der Waals surface area contributed by atoms with Crippen LogP contribution in [0.5, 0.6) is 0 Å². The lowest BCUT2D eigenvalue weighted by atomic mass is 10.1. The number of hydrogen-bond acceptors (Lipinski definition) is 4. The van der Waals surface area contributed by atoms with Crippen LogP contribution in [0, 0.1) is 0 Å². The molecule has 0 aliphatic heterocycles. The second kappa shape index (κ2) is 7.52. The van der Waals surface area contributed by atoms with E-state index in [1.54, 1.807) is 18.2 Å². The number of aliphatic hydroxyl groups is 1. The molecule has 1 unspecified atom stereocenters. The van der Waals surface area contributed by atoms with Gasteiger partial charge in [-0.2, -0.15) is 0 Å². The van der Waals surface area contributed by atoms with Crippen molar-refractivity contribution in [3.63, 3.8) is 0 Å². The molecule has 0 saturated heterocycles. The van der Waals surface area contributed by atoms with Crippen LogP contribution >= 0.6 is 15.9 Å². The number of halogens is 3. The van der Waals surface area contributed by atoms with Gasteiger partial charge in [-0.3, -0.25) is 0 Å². The lowest BCUT2D eigenvalue weighted by molar-refractivity contribution is -0.00341. The number of ether oxygens (including phenoxy) is 1. The summed E-state index contributed by atoms with van der Waals surface area (Å²) >= 11 is 3.28. The first-order valence-electron chi connectivity index (χ1n) is 5.49. The van der Waals surface area contributed by atoms with Gasteiger partial charge in [-0.15, -0.1) is 0 Å². The van der Waals surface area contributed by atoms with Crippen molar-refractivity contribution in [1.29, 1.82) is 0 Å². The highest BCUT2D eigenvalue weighted by Crippen LogP contribution is 2.19. The van der Waals surface area contributed by atoms with Crippen molar-refractivity contribution in [3.8, 4) is 0 Å². The highest BCUT2D eigenvalue weighted by atomic mass is 79.9. The third-order valence-electron chi connectivity index (χ3n) is 2.43. The van der Waals surface area contributed by atoms with Crippen LogP contribution < -0.4 is 5.32 Å². The molecule has 0 aromatic heterocycles. The van der Waals surface area contributed by atoms with Crippen LogP contribution in [0.3, 0.4) is 0 Å². The number of carbonyl (C=O) groups is 1. The summed E-state index contributed by atoms with van der Waals surface area (Å²) in [7, 11) is 1.29. The topological polar surface area (TPSA) is 58.6 Å². The maximum absolute atomic E-state index is 12.1. The number of alkyl halides is 2. The standard InChI is InChI=1S/C12H14BrF2NO3/c1-19-12(18)7-2-3-8(9(13)4-7)5-16-6-10(17)11(14)15/h2-4,10-11,16-17H,5-6H2,1H3. The van der Waals surface area contributed by atoms with Gasteiger partial charge in [-0.25, -0.2) is 13.6 Å². The fourth-order valence-electron chi connectivity index (χ4n) is 1.38. The van der Waals surface area contributed by atoms with Crippen LogP contribution in [0.15, 0.2) is 22.7 Å². The molecule has 0 bridgehead atoms. The van der Waals surface area contributed by atoms with Crippen molar-refractivity contribution in [2.45, 2.75) is 19.1 Å². The van der Waals surface area contributed by atoms with Gasteiger partial charge in [0, 0.05) is 17.6 Å². The number of rotatable bonds is 6. The number of benzene rings is 1. The minimum absolute atomic E-state index is 0.205. The van der Waals surface area contributed by atoms with E-state index in [4.69, 9.17) is 5.11 Å². The molecule has 106 valence electrons. The summed E-state index contributed by atoms with van der Waals surface area (Å²) in [6.07, 6.45) is -4.45. The predicted molar refractivity (Wildman–Crippen MR) is 69.2 cm³/mol. The fourth-order valence-corrected chi connectivity index (χ4v) is 1.90. The van der Waals surface area contributed by atoms with Crippen molar-refractivity contribution in [2.75, 3.05) is 13.7 Å². The Bertz CT molecular complexity index is 443. The average Bonchev–Trinajstić information content (AvgIpc) is 2.39. The molecular formula is C12H14BrF2NO3. The van der Waals surface area contributed by atoms with E-state index < -0.39 is 18.5 Å². The number of carbonyl (C=O) groups excluding carboxylic acids is 1. The smallest absolute Gasteiger partial charge is 0.337 e. The molecule has 2 N–H and O–H groups in total. The zero-order valence-electron chi connectivity index (χ0n) is 10.2. The molecule has 19 heavy (non-hydrogen) atoms. The molecule has 4 nitrogen and oxygen atoms in total. The molecule has 1 atom stereocenters. The molecule has 1 rings (SSSR count). The van der Waals surface area contributed by atoms with Crippen LogP contribution in [0.25, 0.3) is 0 Å². The number of methoxy groups -OCH3 is 1. The van der Waals surface area contributed by atoms with E-state index in [1.807, 2.05) is 0 Å². The SMILES string of the molecule is COC(=O)c1ccc(CNCC(O)C(F)F)c(Br)c1. The van der Waals surface area contributed by atoms with Crippen molar-refractivity contribution in [3.05, 3.63) is 33.8 Å². The Morgan fingerprint density at radius 2 is 2.21 bits per heavy atom. The Morgan fingerprint density at radius 3 is 2.74 bits per heavy atom. The van der Waals surface area contributed by atoms with E-state index >= 15 is 0 Å². The van der Waals surface area contributed by atoms with E-state index in [0.29, 0.717) is 16.6 Å². The van der Waals surface area contributed by atoms with Gasteiger partial charge >= 0.3 is 5.97 Å². The second-order valence-electron chi connectivity index (χ2n) is 3.83. The van der Waals surface area contributed by atoms with Gasteiger partial charge in [0.1, 0.15) is 6.10 Å². The van der Waals surface area contributed by atoms with Crippen molar-refractivity contribution < 1.29 is 23.4 Å². The summed E-state index contributed by atoms with van der Waals surface area (Å²) in [5, 5.41) is 11.6. The Kier molecular flexibility index (Phi) is 6.33. The molecule has 0 amide bonds. The molecule has 0 aliphatic carbocycles. The fraction of sp³-hybridized carbons (Fsp3) is 0.417. The van der Waals surface area contributed by atoms with E-state index in [1.165, 1.54) is 7.11 Å². The number of nitrogens with one attached hydrogen (secondary N) is 1.